The molecule has 2 aromatic heterocycles. The molecule has 0 fully saturated rings. The third-order valence-electron chi connectivity index (χ3n) is 3.29. The standard InChI is InChI=1S/C15H17NO4S/c1-7-6-11(9(3)20-7)13(17)16-14-12(15(18)19-5)8(2)10(4)21-14/h6H,1-5H3,(H,16,17). The number of ether oxygens (including phenoxy) is 1. The van der Waals surface area contributed by atoms with E-state index in [0.29, 0.717) is 27.6 Å². The third-order valence-corrected chi connectivity index (χ3v) is 4.41. The van der Waals surface area contributed by atoms with Crippen molar-refractivity contribution >= 4 is 28.2 Å². The summed E-state index contributed by atoms with van der Waals surface area (Å²) in [5, 5.41) is 3.28. The number of rotatable bonds is 3. The van der Waals surface area contributed by atoms with E-state index in [9.17, 15) is 9.59 Å². The smallest absolute Gasteiger partial charge is 0.341 e. The monoisotopic (exact) mass is 307 g/mol. The first-order valence-electron chi connectivity index (χ1n) is 6.41. The van der Waals surface area contributed by atoms with Gasteiger partial charge in [-0.3, -0.25) is 4.79 Å². The topological polar surface area (TPSA) is 68.5 Å². The van der Waals surface area contributed by atoms with E-state index in [4.69, 9.17) is 9.15 Å². The Morgan fingerprint density at radius 1 is 1.24 bits per heavy atom. The number of methoxy groups -OCH3 is 1. The van der Waals surface area contributed by atoms with E-state index in [1.165, 1.54) is 18.4 Å². The van der Waals surface area contributed by atoms with Crippen LogP contribution in [0.4, 0.5) is 5.00 Å². The average Bonchev–Trinajstić information content (AvgIpc) is 2.89. The molecule has 112 valence electrons. The van der Waals surface area contributed by atoms with Gasteiger partial charge in [0.1, 0.15) is 16.5 Å². The number of hydrogen-bond acceptors (Lipinski definition) is 5. The molecule has 0 aliphatic rings. The number of carbonyl (C=O) groups is 2. The summed E-state index contributed by atoms with van der Waals surface area (Å²) in [6.07, 6.45) is 0. The lowest BCUT2D eigenvalue weighted by atomic mass is 10.1. The lowest BCUT2D eigenvalue weighted by Crippen LogP contribution is -2.14. The summed E-state index contributed by atoms with van der Waals surface area (Å²) in [5.74, 6) is 0.474. The van der Waals surface area contributed by atoms with Gasteiger partial charge in [-0.1, -0.05) is 0 Å². The highest BCUT2D eigenvalue weighted by molar-refractivity contribution is 7.16. The summed E-state index contributed by atoms with van der Waals surface area (Å²) in [7, 11) is 1.32. The maximum atomic E-state index is 12.3. The molecule has 6 heteroatoms. The number of nitrogens with one attached hydrogen (secondary N) is 1. The van der Waals surface area contributed by atoms with Crippen molar-refractivity contribution in [2.45, 2.75) is 27.7 Å². The second-order valence-corrected chi connectivity index (χ2v) is 5.98. The van der Waals surface area contributed by atoms with Gasteiger partial charge in [0.2, 0.25) is 0 Å². The maximum Gasteiger partial charge on any atom is 0.341 e. The third kappa shape index (κ3) is 2.85. The number of furan rings is 1. The molecule has 0 atom stereocenters. The number of thiophene rings is 1. The second-order valence-electron chi connectivity index (χ2n) is 4.76. The highest BCUT2D eigenvalue weighted by Gasteiger charge is 2.23. The fourth-order valence-corrected chi connectivity index (χ4v) is 3.13. The van der Waals surface area contributed by atoms with Crippen LogP contribution in [0, 0.1) is 27.7 Å². The summed E-state index contributed by atoms with van der Waals surface area (Å²) in [6, 6.07) is 1.68. The van der Waals surface area contributed by atoms with Crippen LogP contribution in [0.5, 0.6) is 0 Å². The number of aryl methyl sites for hydroxylation is 3. The molecule has 2 rings (SSSR count). The molecule has 2 aromatic rings. The largest absolute Gasteiger partial charge is 0.466 e. The Labute approximate surface area is 126 Å². The number of esters is 1. The molecule has 0 aliphatic heterocycles. The molecule has 0 saturated heterocycles. The fourth-order valence-electron chi connectivity index (χ4n) is 2.09. The van der Waals surface area contributed by atoms with E-state index in [2.05, 4.69) is 5.32 Å². The Hall–Kier alpha value is -2.08. The van der Waals surface area contributed by atoms with Crippen LogP contribution < -0.4 is 5.32 Å². The Morgan fingerprint density at radius 2 is 1.90 bits per heavy atom. The lowest BCUT2D eigenvalue weighted by Gasteiger charge is -2.05. The molecule has 0 aliphatic carbocycles. The number of hydrogen-bond donors (Lipinski definition) is 1. The predicted molar refractivity (Wildman–Crippen MR) is 81.3 cm³/mol. The molecule has 0 spiro atoms. The summed E-state index contributed by atoms with van der Waals surface area (Å²) >= 11 is 1.36. The van der Waals surface area contributed by atoms with Gasteiger partial charge in [-0.25, -0.2) is 4.79 Å². The molecule has 0 saturated carbocycles. The quantitative estimate of drug-likeness (QED) is 0.879. The molecule has 2 heterocycles. The summed E-state index contributed by atoms with van der Waals surface area (Å²) in [6.45, 7) is 7.24. The SMILES string of the molecule is COC(=O)c1c(NC(=O)c2cc(C)oc2C)sc(C)c1C. The van der Waals surface area contributed by atoms with Crippen molar-refractivity contribution in [2.75, 3.05) is 12.4 Å². The fraction of sp³-hybridized carbons (Fsp3) is 0.333. The molecule has 0 bridgehead atoms. The van der Waals surface area contributed by atoms with Gasteiger partial charge in [0.15, 0.2) is 0 Å². The van der Waals surface area contributed by atoms with Crippen LogP contribution in [-0.2, 0) is 4.74 Å². The molecule has 5 nitrogen and oxygen atoms in total. The first-order chi connectivity index (χ1) is 9.85. The molecular formula is C15H17NO4S. The van der Waals surface area contributed by atoms with E-state index in [1.807, 2.05) is 13.8 Å². The minimum absolute atomic E-state index is 0.296. The van der Waals surface area contributed by atoms with Gasteiger partial charge in [-0.2, -0.15) is 0 Å². The molecule has 1 amide bonds. The van der Waals surface area contributed by atoms with E-state index >= 15 is 0 Å². The van der Waals surface area contributed by atoms with Crippen LogP contribution in [0.2, 0.25) is 0 Å². The zero-order valence-electron chi connectivity index (χ0n) is 12.6. The summed E-state index contributed by atoms with van der Waals surface area (Å²) < 4.78 is 10.1. The lowest BCUT2D eigenvalue weighted by molar-refractivity contribution is 0.0601. The maximum absolute atomic E-state index is 12.3. The number of carbonyl (C=O) groups excluding carboxylic acids is 2. The van der Waals surface area contributed by atoms with Crippen molar-refractivity contribution in [1.82, 2.24) is 0 Å². The van der Waals surface area contributed by atoms with Crippen LogP contribution in [-0.4, -0.2) is 19.0 Å². The normalized spacial score (nSPS) is 10.5. The highest BCUT2D eigenvalue weighted by atomic mass is 32.1. The Kier molecular flexibility index (Phi) is 4.18. The van der Waals surface area contributed by atoms with Gasteiger partial charge in [0.05, 0.1) is 18.2 Å². The van der Waals surface area contributed by atoms with Crippen LogP contribution >= 0.6 is 11.3 Å². The van der Waals surface area contributed by atoms with Crippen molar-refractivity contribution in [2.24, 2.45) is 0 Å². The van der Waals surface area contributed by atoms with Gasteiger partial charge in [-0.15, -0.1) is 11.3 Å². The highest BCUT2D eigenvalue weighted by Crippen LogP contribution is 2.33. The molecule has 0 aromatic carbocycles. The van der Waals surface area contributed by atoms with Gasteiger partial charge in [0, 0.05) is 4.88 Å². The van der Waals surface area contributed by atoms with E-state index < -0.39 is 5.97 Å². The second kappa shape index (κ2) is 5.73. The van der Waals surface area contributed by atoms with Gasteiger partial charge in [-0.05, 0) is 39.3 Å². The van der Waals surface area contributed by atoms with Crippen LogP contribution in [0.1, 0.15) is 42.7 Å². The van der Waals surface area contributed by atoms with Crippen molar-refractivity contribution in [1.29, 1.82) is 0 Å². The minimum Gasteiger partial charge on any atom is -0.466 e. The molecule has 0 radical (unpaired) electrons. The average molecular weight is 307 g/mol. The Bertz CT molecular complexity index is 712. The van der Waals surface area contributed by atoms with Gasteiger partial charge in [0.25, 0.3) is 5.91 Å². The van der Waals surface area contributed by atoms with E-state index in [-0.39, 0.29) is 5.91 Å². The summed E-state index contributed by atoms with van der Waals surface area (Å²) in [5.41, 5.74) is 1.69. The van der Waals surface area contributed by atoms with Crippen molar-refractivity contribution in [3.05, 3.63) is 39.2 Å². The van der Waals surface area contributed by atoms with Crippen molar-refractivity contribution in [3.63, 3.8) is 0 Å². The zero-order chi connectivity index (χ0) is 15.7. The molecule has 21 heavy (non-hydrogen) atoms. The van der Waals surface area contributed by atoms with E-state index in [0.717, 1.165) is 10.4 Å². The minimum atomic E-state index is -0.452. The number of anilines is 1. The van der Waals surface area contributed by atoms with E-state index in [1.54, 1.807) is 19.9 Å². The van der Waals surface area contributed by atoms with Crippen LogP contribution in [0.15, 0.2) is 10.5 Å². The molecular weight excluding hydrogens is 290 g/mol. The molecule has 1 N–H and O–H groups in total. The molecule has 0 unspecified atom stereocenters. The van der Waals surface area contributed by atoms with Crippen LogP contribution in [0.25, 0.3) is 0 Å². The first-order valence-corrected chi connectivity index (χ1v) is 7.23. The van der Waals surface area contributed by atoms with Gasteiger partial charge >= 0.3 is 5.97 Å². The summed E-state index contributed by atoms with van der Waals surface area (Å²) in [4.78, 5) is 25.2. The van der Waals surface area contributed by atoms with Gasteiger partial charge < -0.3 is 14.5 Å². The zero-order valence-corrected chi connectivity index (χ0v) is 13.4. The first kappa shape index (κ1) is 15.3. The Morgan fingerprint density at radius 3 is 2.43 bits per heavy atom. The van der Waals surface area contributed by atoms with Crippen molar-refractivity contribution < 1.29 is 18.7 Å². The van der Waals surface area contributed by atoms with Crippen molar-refractivity contribution in [3.8, 4) is 0 Å². The predicted octanol–water partition coefficient (Wildman–Crippen LogP) is 3.61. The van der Waals surface area contributed by atoms with Crippen LogP contribution in [0.3, 0.4) is 0 Å². The number of amides is 1. The Balaban J connectivity index is 2.36.